The van der Waals surface area contributed by atoms with Crippen LogP contribution in [0.2, 0.25) is 0 Å². The minimum Gasteiger partial charge on any atom is -0.491 e. The fourth-order valence-corrected chi connectivity index (χ4v) is 4.38. The molecule has 4 amide bonds. The number of benzene rings is 1. The highest BCUT2D eigenvalue weighted by Gasteiger charge is 2.31. The zero-order chi connectivity index (χ0) is 25.7. The molecule has 0 saturated heterocycles. The molecule has 3 atom stereocenters. The van der Waals surface area contributed by atoms with Crippen LogP contribution in [0.3, 0.4) is 0 Å². The van der Waals surface area contributed by atoms with Crippen LogP contribution in [0, 0.1) is 11.8 Å². The maximum Gasteiger partial charge on any atom is 0.317 e. The molecule has 0 unspecified atom stereocenters. The van der Waals surface area contributed by atoms with Crippen molar-refractivity contribution in [2.45, 2.75) is 65.1 Å². The molecule has 0 aromatic heterocycles. The molecule has 0 spiro atoms. The highest BCUT2D eigenvalue weighted by molar-refractivity contribution is 6.00. The van der Waals surface area contributed by atoms with Gasteiger partial charge in [-0.15, -0.1) is 0 Å². The molecule has 9 nitrogen and oxygen atoms in total. The standard InChI is InChI=1S/C26H40N4O5/c1-16(2)27-26(33)30-13-17(3)23(34-6)14-29(5)25(32)21-12-20(28-24(31)19-8-7-9-19)10-11-22(21)35-15-18(30)4/h10-12,16-19,23H,7-9,13-15H2,1-6H3,(H,27,33)(H,28,31)/t17-,18-,23+/m1/s1. The second-order valence-electron chi connectivity index (χ2n) is 10.2. The van der Waals surface area contributed by atoms with Gasteiger partial charge in [-0.25, -0.2) is 4.79 Å². The van der Waals surface area contributed by atoms with E-state index in [0.29, 0.717) is 30.1 Å². The van der Waals surface area contributed by atoms with Gasteiger partial charge in [0.2, 0.25) is 5.91 Å². The number of anilines is 1. The lowest BCUT2D eigenvalue weighted by molar-refractivity contribution is -0.122. The number of rotatable bonds is 4. The quantitative estimate of drug-likeness (QED) is 0.677. The van der Waals surface area contributed by atoms with Crippen LogP contribution in [0.5, 0.6) is 5.75 Å². The highest BCUT2D eigenvalue weighted by atomic mass is 16.5. The SMILES string of the molecule is CO[C@H]1CN(C)C(=O)c2cc(NC(=O)C3CCC3)ccc2OC[C@@H](C)N(C(=O)NC(C)C)C[C@H]1C. The largest absolute Gasteiger partial charge is 0.491 e. The Kier molecular flexibility index (Phi) is 8.99. The molecule has 194 valence electrons. The zero-order valence-electron chi connectivity index (χ0n) is 21.8. The van der Waals surface area contributed by atoms with Crippen molar-refractivity contribution in [1.82, 2.24) is 15.1 Å². The predicted octanol–water partition coefficient (Wildman–Crippen LogP) is 3.35. The number of hydrogen-bond acceptors (Lipinski definition) is 5. The van der Waals surface area contributed by atoms with Gasteiger partial charge in [-0.05, 0) is 51.8 Å². The molecule has 1 fully saturated rings. The summed E-state index contributed by atoms with van der Waals surface area (Å²) in [6.45, 7) is 8.83. The number of urea groups is 1. The van der Waals surface area contributed by atoms with Crippen LogP contribution < -0.4 is 15.4 Å². The highest BCUT2D eigenvalue weighted by Crippen LogP contribution is 2.30. The van der Waals surface area contributed by atoms with Gasteiger partial charge in [0.25, 0.3) is 5.91 Å². The number of nitrogens with zero attached hydrogens (tertiary/aromatic N) is 2. The molecule has 3 rings (SSSR count). The number of carbonyl (C=O) groups is 3. The van der Waals surface area contributed by atoms with E-state index >= 15 is 0 Å². The lowest BCUT2D eigenvalue weighted by atomic mass is 9.85. The van der Waals surface area contributed by atoms with Crippen molar-refractivity contribution in [3.63, 3.8) is 0 Å². The third-order valence-corrected chi connectivity index (χ3v) is 6.86. The maximum atomic E-state index is 13.4. The monoisotopic (exact) mass is 488 g/mol. The normalized spacial score (nSPS) is 24.0. The molecule has 0 bridgehead atoms. The maximum absolute atomic E-state index is 13.4. The van der Waals surface area contributed by atoms with Gasteiger partial charge in [-0.3, -0.25) is 9.59 Å². The van der Waals surface area contributed by atoms with Crippen LogP contribution in [-0.2, 0) is 9.53 Å². The summed E-state index contributed by atoms with van der Waals surface area (Å²) in [5, 5.41) is 5.91. The lowest BCUT2D eigenvalue weighted by Gasteiger charge is -2.36. The molecular formula is C26H40N4O5. The Balaban J connectivity index is 1.91. The summed E-state index contributed by atoms with van der Waals surface area (Å²) in [7, 11) is 3.35. The van der Waals surface area contributed by atoms with Crippen LogP contribution in [0.15, 0.2) is 18.2 Å². The third-order valence-electron chi connectivity index (χ3n) is 6.86. The van der Waals surface area contributed by atoms with Crippen molar-refractivity contribution < 1.29 is 23.9 Å². The molecule has 35 heavy (non-hydrogen) atoms. The van der Waals surface area contributed by atoms with E-state index in [2.05, 4.69) is 10.6 Å². The van der Waals surface area contributed by atoms with Gasteiger partial charge in [-0.1, -0.05) is 13.3 Å². The van der Waals surface area contributed by atoms with Crippen molar-refractivity contribution in [3.05, 3.63) is 23.8 Å². The molecule has 1 aliphatic heterocycles. The fourth-order valence-electron chi connectivity index (χ4n) is 4.38. The number of ether oxygens (including phenoxy) is 2. The van der Waals surface area contributed by atoms with Crippen LogP contribution in [0.1, 0.15) is 57.3 Å². The average Bonchev–Trinajstić information content (AvgIpc) is 2.76. The van der Waals surface area contributed by atoms with E-state index in [1.54, 1.807) is 42.2 Å². The first kappa shape index (κ1) is 26.8. The molecule has 1 aromatic rings. The molecule has 1 saturated carbocycles. The Hall–Kier alpha value is -2.81. The lowest BCUT2D eigenvalue weighted by Crippen LogP contribution is -2.52. The zero-order valence-corrected chi connectivity index (χ0v) is 21.8. The van der Waals surface area contributed by atoms with Gasteiger partial charge in [0.05, 0.1) is 17.7 Å². The van der Waals surface area contributed by atoms with Crippen molar-refractivity contribution in [1.29, 1.82) is 0 Å². The smallest absolute Gasteiger partial charge is 0.317 e. The molecular weight excluding hydrogens is 448 g/mol. The number of methoxy groups -OCH3 is 1. The summed E-state index contributed by atoms with van der Waals surface area (Å²) in [6, 6.07) is 4.74. The van der Waals surface area contributed by atoms with Gasteiger partial charge >= 0.3 is 6.03 Å². The predicted molar refractivity (Wildman–Crippen MR) is 135 cm³/mol. The van der Waals surface area contributed by atoms with Gasteiger partial charge in [0.1, 0.15) is 12.4 Å². The number of carbonyl (C=O) groups excluding carboxylic acids is 3. The topological polar surface area (TPSA) is 100 Å². The molecule has 9 heteroatoms. The Morgan fingerprint density at radius 2 is 1.89 bits per heavy atom. The summed E-state index contributed by atoms with van der Waals surface area (Å²) >= 11 is 0. The summed E-state index contributed by atoms with van der Waals surface area (Å²) in [6.07, 6.45) is 2.60. The Morgan fingerprint density at radius 1 is 1.17 bits per heavy atom. The van der Waals surface area contributed by atoms with E-state index < -0.39 is 0 Å². The third kappa shape index (κ3) is 6.66. The molecule has 1 heterocycles. The fraction of sp³-hybridized carbons (Fsp3) is 0.654. The summed E-state index contributed by atoms with van der Waals surface area (Å²) in [5.74, 6) is 0.208. The van der Waals surface area contributed by atoms with E-state index in [0.717, 1.165) is 19.3 Å². The molecule has 1 aromatic carbocycles. The minimum absolute atomic E-state index is 0.00331. The van der Waals surface area contributed by atoms with Crippen molar-refractivity contribution in [3.8, 4) is 5.75 Å². The number of hydrogen-bond donors (Lipinski definition) is 2. The average molecular weight is 489 g/mol. The van der Waals surface area contributed by atoms with E-state index in [1.807, 2.05) is 27.7 Å². The second kappa shape index (κ2) is 11.7. The van der Waals surface area contributed by atoms with E-state index in [1.165, 1.54) is 0 Å². The van der Waals surface area contributed by atoms with E-state index in [4.69, 9.17) is 9.47 Å². The summed E-state index contributed by atoms with van der Waals surface area (Å²) < 4.78 is 11.8. The van der Waals surface area contributed by atoms with Crippen LogP contribution in [-0.4, -0.2) is 79.7 Å². The van der Waals surface area contributed by atoms with E-state index in [9.17, 15) is 14.4 Å². The van der Waals surface area contributed by atoms with Crippen molar-refractivity contribution >= 4 is 23.5 Å². The Morgan fingerprint density at radius 3 is 2.49 bits per heavy atom. The molecule has 0 radical (unpaired) electrons. The van der Waals surface area contributed by atoms with Gasteiger partial charge in [-0.2, -0.15) is 0 Å². The van der Waals surface area contributed by atoms with Crippen LogP contribution >= 0.6 is 0 Å². The number of likely N-dealkylation sites (N-methyl/N-ethyl adjacent to an activating group) is 1. The van der Waals surface area contributed by atoms with Gasteiger partial charge in [0, 0.05) is 50.8 Å². The molecule has 2 aliphatic rings. The van der Waals surface area contributed by atoms with Crippen molar-refractivity contribution in [2.24, 2.45) is 11.8 Å². The van der Waals surface area contributed by atoms with Crippen LogP contribution in [0.25, 0.3) is 0 Å². The first-order valence-electron chi connectivity index (χ1n) is 12.5. The molecule has 2 N–H and O–H groups in total. The second-order valence-corrected chi connectivity index (χ2v) is 10.2. The minimum atomic E-state index is -0.268. The van der Waals surface area contributed by atoms with Gasteiger partial charge < -0.3 is 29.9 Å². The number of nitrogens with one attached hydrogen (secondary N) is 2. The number of amides is 4. The summed E-state index contributed by atoms with van der Waals surface area (Å²) in [5.41, 5.74) is 0.938. The van der Waals surface area contributed by atoms with E-state index in [-0.39, 0.29) is 54.5 Å². The van der Waals surface area contributed by atoms with Crippen LogP contribution in [0.4, 0.5) is 10.5 Å². The van der Waals surface area contributed by atoms with Gasteiger partial charge in [0.15, 0.2) is 0 Å². The van der Waals surface area contributed by atoms with Crippen molar-refractivity contribution in [2.75, 3.05) is 39.2 Å². The Labute approximate surface area is 208 Å². The molecule has 1 aliphatic carbocycles. The summed E-state index contributed by atoms with van der Waals surface area (Å²) in [4.78, 5) is 42.3. The first-order valence-corrected chi connectivity index (χ1v) is 12.5. The first-order chi connectivity index (χ1) is 16.6. The number of fused-ring (bicyclic) bond motifs is 1. The Bertz CT molecular complexity index is 917.